The number of rotatable bonds is 4. The molecule has 3 heterocycles. The third-order valence-electron chi connectivity index (χ3n) is 5.50. The zero-order chi connectivity index (χ0) is 19.5. The van der Waals surface area contributed by atoms with Crippen molar-refractivity contribution in [2.45, 2.75) is 45.8 Å². The van der Waals surface area contributed by atoms with Gasteiger partial charge in [0, 0.05) is 43.8 Å². The molecule has 0 fully saturated rings. The number of pyridine rings is 1. The van der Waals surface area contributed by atoms with Gasteiger partial charge >= 0.3 is 6.03 Å². The van der Waals surface area contributed by atoms with Crippen LogP contribution in [0.25, 0.3) is 5.57 Å². The van der Waals surface area contributed by atoms with E-state index in [-0.39, 0.29) is 6.03 Å². The van der Waals surface area contributed by atoms with E-state index in [9.17, 15) is 4.79 Å². The van der Waals surface area contributed by atoms with Gasteiger partial charge in [-0.3, -0.25) is 4.98 Å². The summed E-state index contributed by atoms with van der Waals surface area (Å²) in [6.45, 7) is 6.72. The minimum Gasteiger partial charge on any atom is -0.316 e. The molecule has 2 aliphatic rings. The molecule has 0 spiro atoms. The number of aromatic nitrogens is 1. The lowest BCUT2D eigenvalue weighted by molar-refractivity contribution is 0.212. The van der Waals surface area contributed by atoms with Gasteiger partial charge in [0.2, 0.25) is 0 Å². The van der Waals surface area contributed by atoms with Gasteiger partial charge in [-0.25, -0.2) is 4.79 Å². The summed E-state index contributed by atoms with van der Waals surface area (Å²) in [4.78, 5) is 18.5. The van der Waals surface area contributed by atoms with E-state index < -0.39 is 0 Å². The molecule has 5 heteroatoms. The van der Waals surface area contributed by atoms with Crippen LogP contribution >= 0.6 is 0 Å². The molecule has 5 nitrogen and oxygen atoms in total. The van der Waals surface area contributed by atoms with Crippen molar-refractivity contribution >= 4 is 17.3 Å². The second kappa shape index (κ2) is 8.15. The second-order valence-electron chi connectivity index (χ2n) is 8.18. The summed E-state index contributed by atoms with van der Waals surface area (Å²) in [5, 5.41) is 6.60. The van der Waals surface area contributed by atoms with Gasteiger partial charge in [-0.15, -0.1) is 0 Å². The highest BCUT2D eigenvalue weighted by Crippen LogP contribution is 2.27. The predicted molar refractivity (Wildman–Crippen MR) is 113 cm³/mol. The third-order valence-corrected chi connectivity index (χ3v) is 5.50. The number of hydrogen-bond acceptors (Lipinski definition) is 3. The Bertz CT molecular complexity index is 847. The quantitative estimate of drug-likeness (QED) is 0.830. The Morgan fingerprint density at radius 2 is 2.00 bits per heavy atom. The van der Waals surface area contributed by atoms with Crippen LogP contribution in [0.4, 0.5) is 10.5 Å². The molecule has 2 N–H and O–H groups in total. The fourth-order valence-corrected chi connectivity index (χ4v) is 4.07. The molecular formula is C23H28N4O. The molecule has 2 aliphatic heterocycles. The van der Waals surface area contributed by atoms with E-state index in [1.54, 1.807) is 6.20 Å². The van der Waals surface area contributed by atoms with Gasteiger partial charge in [0.1, 0.15) is 0 Å². The van der Waals surface area contributed by atoms with Crippen molar-refractivity contribution in [3.63, 3.8) is 0 Å². The van der Waals surface area contributed by atoms with Gasteiger partial charge in [-0.1, -0.05) is 32.1 Å². The summed E-state index contributed by atoms with van der Waals surface area (Å²) in [6.07, 6.45) is 8.15. The fraction of sp³-hybridized carbons (Fsp3) is 0.391. The van der Waals surface area contributed by atoms with E-state index in [4.69, 9.17) is 0 Å². The maximum absolute atomic E-state index is 12.6. The molecule has 1 aromatic heterocycles. The van der Waals surface area contributed by atoms with Crippen molar-refractivity contribution in [1.29, 1.82) is 0 Å². The Morgan fingerprint density at radius 1 is 1.21 bits per heavy atom. The molecule has 28 heavy (non-hydrogen) atoms. The molecule has 2 aromatic rings. The monoisotopic (exact) mass is 376 g/mol. The standard InChI is InChI=1S/C23H28N4O/c1-16(2)11-22-12-18(8-10-25-22)17-3-5-21(6-4-17)26-23(28)27-14-19-7-9-24-13-20(19)15-27/h3-9,13,16,22,25H,10-12,14-15H2,1-2H3,(H,26,28). The van der Waals surface area contributed by atoms with Crippen LogP contribution in [-0.2, 0) is 13.1 Å². The van der Waals surface area contributed by atoms with E-state index in [1.165, 1.54) is 23.1 Å². The minimum atomic E-state index is -0.0676. The zero-order valence-corrected chi connectivity index (χ0v) is 16.6. The van der Waals surface area contributed by atoms with Crippen LogP contribution in [0.3, 0.4) is 0 Å². The van der Waals surface area contributed by atoms with Crippen LogP contribution in [-0.4, -0.2) is 28.5 Å². The summed E-state index contributed by atoms with van der Waals surface area (Å²) >= 11 is 0. The van der Waals surface area contributed by atoms with E-state index in [0.29, 0.717) is 25.0 Å². The Hall–Kier alpha value is -2.66. The fourth-order valence-electron chi connectivity index (χ4n) is 4.07. The van der Waals surface area contributed by atoms with E-state index in [2.05, 4.69) is 47.7 Å². The number of benzene rings is 1. The normalized spacial score (nSPS) is 18.8. The molecule has 0 saturated carbocycles. The Labute approximate surface area is 166 Å². The smallest absolute Gasteiger partial charge is 0.316 e. The number of nitrogens with zero attached hydrogens (tertiary/aromatic N) is 2. The number of urea groups is 1. The van der Waals surface area contributed by atoms with Gasteiger partial charge in [0.15, 0.2) is 0 Å². The van der Waals surface area contributed by atoms with Crippen LogP contribution < -0.4 is 10.6 Å². The topological polar surface area (TPSA) is 57.3 Å². The Morgan fingerprint density at radius 3 is 2.75 bits per heavy atom. The van der Waals surface area contributed by atoms with Crippen molar-refractivity contribution in [2.24, 2.45) is 5.92 Å². The molecule has 1 atom stereocenters. The number of carbonyl (C=O) groups is 1. The maximum Gasteiger partial charge on any atom is 0.322 e. The lowest BCUT2D eigenvalue weighted by Gasteiger charge is -2.26. The minimum absolute atomic E-state index is 0.0676. The van der Waals surface area contributed by atoms with Gasteiger partial charge in [0.05, 0.1) is 0 Å². The summed E-state index contributed by atoms with van der Waals surface area (Å²) in [5.74, 6) is 0.696. The first-order valence-corrected chi connectivity index (χ1v) is 10.1. The highest BCUT2D eigenvalue weighted by atomic mass is 16.2. The van der Waals surface area contributed by atoms with Crippen LogP contribution in [0, 0.1) is 5.92 Å². The number of anilines is 1. The average Bonchev–Trinajstić information content (AvgIpc) is 3.13. The van der Waals surface area contributed by atoms with E-state index >= 15 is 0 Å². The molecular weight excluding hydrogens is 348 g/mol. The van der Waals surface area contributed by atoms with Crippen molar-refractivity contribution in [1.82, 2.24) is 15.2 Å². The Balaban J connectivity index is 1.36. The predicted octanol–water partition coefficient (Wildman–Crippen LogP) is 4.42. The van der Waals surface area contributed by atoms with Crippen LogP contribution in [0.1, 0.15) is 43.4 Å². The lowest BCUT2D eigenvalue weighted by Crippen LogP contribution is -2.34. The number of fused-ring (bicyclic) bond motifs is 1. The van der Waals surface area contributed by atoms with Gasteiger partial charge in [0.25, 0.3) is 0 Å². The lowest BCUT2D eigenvalue weighted by atomic mass is 9.91. The molecule has 4 rings (SSSR count). The number of carbonyl (C=O) groups excluding carboxylic acids is 1. The first-order valence-electron chi connectivity index (χ1n) is 10.1. The molecule has 0 aliphatic carbocycles. The molecule has 2 amide bonds. The van der Waals surface area contributed by atoms with E-state index in [0.717, 1.165) is 24.2 Å². The largest absolute Gasteiger partial charge is 0.322 e. The number of amides is 2. The summed E-state index contributed by atoms with van der Waals surface area (Å²) in [6, 6.07) is 10.7. The molecule has 1 unspecified atom stereocenters. The van der Waals surface area contributed by atoms with Crippen molar-refractivity contribution in [3.05, 3.63) is 65.5 Å². The Kier molecular flexibility index (Phi) is 5.44. The van der Waals surface area contributed by atoms with Gasteiger partial charge in [-0.05, 0) is 59.2 Å². The van der Waals surface area contributed by atoms with Crippen molar-refractivity contribution in [2.75, 3.05) is 11.9 Å². The van der Waals surface area contributed by atoms with E-state index in [1.807, 2.05) is 29.3 Å². The summed E-state index contributed by atoms with van der Waals surface area (Å²) in [7, 11) is 0. The molecule has 0 saturated heterocycles. The zero-order valence-electron chi connectivity index (χ0n) is 16.6. The SMILES string of the molecule is CC(C)CC1CC(c2ccc(NC(=O)N3Cc4ccncc4C3)cc2)=CCN1. The highest BCUT2D eigenvalue weighted by molar-refractivity contribution is 5.90. The summed E-state index contributed by atoms with van der Waals surface area (Å²) in [5.41, 5.74) is 5.77. The molecule has 1 aromatic carbocycles. The third kappa shape index (κ3) is 4.25. The van der Waals surface area contributed by atoms with Crippen LogP contribution in [0.5, 0.6) is 0 Å². The van der Waals surface area contributed by atoms with Crippen LogP contribution in [0.15, 0.2) is 48.8 Å². The number of nitrogens with one attached hydrogen (secondary N) is 2. The van der Waals surface area contributed by atoms with Crippen LogP contribution in [0.2, 0.25) is 0 Å². The molecule has 0 radical (unpaired) electrons. The molecule has 0 bridgehead atoms. The molecule has 146 valence electrons. The van der Waals surface area contributed by atoms with Gasteiger partial charge in [-0.2, -0.15) is 0 Å². The number of hydrogen-bond donors (Lipinski definition) is 2. The first kappa shape index (κ1) is 18.7. The second-order valence-corrected chi connectivity index (χ2v) is 8.18. The van der Waals surface area contributed by atoms with Crippen molar-refractivity contribution in [3.8, 4) is 0 Å². The highest BCUT2D eigenvalue weighted by Gasteiger charge is 2.23. The first-order chi connectivity index (χ1) is 13.6. The summed E-state index contributed by atoms with van der Waals surface area (Å²) < 4.78 is 0. The van der Waals surface area contributed by atoms with Gasteiger partial charge < -0.3 is 15.5 Å². The maximum atomic E-state index is 12.6. The van der Waals surface area contributed by atoms with Crippen molar-refractivity contribution < 1.29 is 4.79 Å². The average molecular weight is 377 g/mol.